The molecule has 0 spiro atoms. The number of amides is 1. The van der Waals surface area contributed by atoms with Crippen LogP contribution in [0.15, 0.2) is 24.3 Å². The van der Waals surface area contributed by atoms with E-state index in [0.717, 1.165) is 12.7 Å². The fourth-order valence-electron chi connectivity index (χ4n) is 1.69. The van der Waals surface area contributed by atoms with Gasteiger partial charge in [0.2, 0.25) is 0 Å². The quantitative estimate of drug-likeness (QED) is 0.772. The summed E-state index contributed by atoms with van der Waals surface area (Å²) in [6, 6.07) is 6.37. The summed E-state index contributed by atoms with van der Waals surface area (Å²) in [6.45, 7) is 5.87. The third-order valence-corrected chi connectivity index (χ3v) is 3.59. The van der Waals surface area contributed by atoms with Crippen molar-refractivity contribution in [3.63, 3.8) is 0 Å². The van der Waals surface area contributed by atoms with Crippen LogP contribution in [-0.4, -0.2) is 29.4 Å². The lowest BCUT2D eigenvalue weighted by Crippen LogP contribution is -2.45. The highest BCUT2D eigenvalue weighted by atomic mass is 16.3. The number of hydrogen-bond acceptors (Lipinski definition) is 3. The second-order valence-electron chi connectivity index (χ2n) is 5.09. The van der Waals surface area contributed by atoms with Gasteiger partial charge in [-0.1, -0.05) is 32.4 Å². The van der Waals surface area contributed by atoms with Crippen molar-refractivity contribution in [2.45, 2.75) is 32.8 Å². The number of rotatable bonds is 6. The molecule has 19 heavy (non-hydrogen) atoms. The normalized spacial score (nSPS) is 15.4. The highest BCUT2D eigenvalue weighted by Gasteiger charge is 2.27. The largest absolute Gasteiger partial charge is 0.388 e. The zero-order valence-corrected chi connectivity index (χ0v) is 11.6. The third kappa shape index (κ3) is 4.17. The van der Waals surface area contributed by atoms with Gasteiger partial charge in [0.15, 0.2) is 0 Å². The first-order valence-electron chi connectivity index (χ1n) is 6.46. The van der Waals surface area contributed by atoms with Crippen molar-refractivity contribution < 1.29 is 14.7 Å². The topological polar surface area (TPSA) is 66.4 Å². The molecule has 1 amide bonds. The van der Waals surface area contributed by atoms with Gasteiger partial charge in [0, 0.05) is 17.7 Å². The molecule has 4 nitrogen and oxygen atoms in total. The van der Waals surface area contributed by atoms with Crippen molar-refractivity contribution in [1.29, 1.82) is 0 Å². The predicted molar refractivity (Wildman–Crippen MR) is 74.2 cm³/mol. The van der Waals surface area contributed by atoms with Gasteiger partial charge in [0.1, 0.15) is 6.29 Å². The van der Waals surface area contributed by atoms with Crippen LogP contribution in [0.2, 0.25) is 0 Å². The van der Waals surface area contributed by atoms with Crippen molar-refractivity contribution in [3.8, 4) is 0 Å². The van der Waals surface area contributed by atoms with Gasteiger partial charge in [-0.2, -0.15) is 0 Å². The molecule has 2 N–H and O–H groups in total. The minimum Gasteiger partial charge on any atom is -0.388 e. The van der Waals surface area contributed by atoms with E-state index in [-0.39, 0.29) is 18.4 Å². The Labute approximate surface area is 113 Å². The lowest BCUT2D eigenvalue weighted by molar-refractivity contribution is 0.00592. The van der Waals surface area contributed by atoms with Gasteiger partial charge in [0.25, 0.3) is 5.91 Å². The summed E-state index contributed by atoms with van der Waals surface area (Å²) in [7, 11) is 0. The van der Waals surface area contributed by atoms with Crippen LogP contribution in [0, 0.1) is 5.92 Å². The molecular formula is C15H21NO3. The molecule has 0 radical (unpaired) electrons. The average Bonchev–Trinajstić information content (AvgIpc) is 2.43. The van der Waals surface area contributed by atoms with Crippen molar-refractivity contribution in [3.05, 3.63) is 35.4 Å². The zero-order valence-electron chi connectivity index (χ0n) is 11.6. The number of carbonyl (C=O) groups is 2. The summed E-state index contributed by atoms with van der Waals surface area (Å²) in [5.74, 6) is -0.147. The molecular weight excluding hydrogens is 242 g/mol. The molecule has 2 unspecified atom stereocenters. The van der Waals surface area contributed by atoms with Crippen LogP contribution in [0.3, 0.4) is 0 Å². The number of aliphatic hydroxyl groups is 1. The maximum atomic E-state index is 11.9. The highest BCUT2D eigenvalue weighted by molar-refractivity contribution is 5.94. The minimum absolute atomic E-state index is 0.102. The molecule has 0 aliphatic rings. The molecule has 0 aliphatic carbocycles. The van der Waals surface area contributed by atoms with Gasteiger partial charge >= 0.3 is 0 Å². The number of benzene rings is 1. The van der Waals surface area contributed by atoms with Crippen molar-refractivity contribution in [1.82, 2.24) is 5.32 Å². The zero-order chi connectivity index (χ0) is 14.5. The molecule has 1 aromatic carbocycles. The van der Waals surface area contributed by atoms with E-state index in [4.69, 9.17) is 0 Å². The molecule has 4 heteroatoms. The molecule has 0 fully saturated rings. The van der Waals surface area contributed by atoms with E-state index in [1.807, 2.05) is 13.8 Å². The van der Waals surface area contributed by atoms with Gasteiger partial charge in [-0.15, -0.1) is 0 Å². The Balaban J connectivity index is 2.62. The van der Waals surface area contributed by atoms with E-state index in [1.165, 1.54) is 0 Å². The Kier molecular flexibility index (Phi) is 5.24. The fourth-order valence-corrected chi connectivity index (χ4v) is 1.69. The first kappa shape index (κ1) is 15.4. The third-order valence-electron chi connectivity index (χ3n) is 3.59. The molecule has 0 bridgehead atoms. The van der Waals surface area contributed by atoms with Crippen LogP contribution in [0.25, 0.3) is 0 Å². The van der Waals surface area contributed by atoms with Gasteiger partial charge in [-0.3, -0.25) is 9.59 Å². The molecule has 104 valence electrons. The van der Waals surface area contributed by atoms with Crippen LogP contribution >= 0.6 is 0 Å². The van der Waals surface area contributed by atoms with Crippen LogP contribution < -0.4 is 5.32 Å². The Morgan fingerprint density at radius 1 is 1.42 bits per heavy atom. The summed E-state index contributed by atoms with van der Waals surface area (Å²) < 4.78 is 0. The number of aldehydes is 1. The monoisotopic (exact) mass is 263 g/mol. The van der Waals surface area contributed by atoms with Crippen LogP contribution in [0.1, 0.15) is 47.9 Å². The Hall–Kier alpha value is -1.68. The summed E-state index contributed by atoms with van der Waals surface area (Å²) in [5, 5.41) is 12.9. The van der Waals surface area contributed by atoms with E-state index in [2.05, 4.69) is 5.32 Å². The van der Waals surface area contributed by atoms with Crippen LogP contribution in [-0.2, 0) is 0 Å². The molecule has 0 heterocycles. The highest BCUT2D eigenvalue weighted by Crippen LogP contribution is 2.19. The Bertz CT molecular complexity index is 437. The van der Waals surface area contributed by atoms with E-state index in [9.17, 15) is 14.7 Å². The molecule has 2 atom stereocenters. The molecule has 1 aromatic rings. The van der Waals surface area contributed by atoms with Gasteiger partial charge in [-0.25, -0.2) is 0 Å². The number of carbonyl (C=O) groups excluding carboxylic acids is 2. The average molecular weight is 263 g/mol. The van der Waals surface area contributed by atoms with Crippen molar-refractivity contribution in [2.75, 3.05) is 6.54 Å². The summed E-state index contributed by atoms with van der Waals surface area (Å²) in [6.07, 6.45) is 1.58. The smallest absolute Gasteiger partial charge is 0.251 e. The summed E-state index contributed by atoms with van der Waals surface area (Å²) in [4.78, 5) is 22.4. The van der Waals surface area contributed by atoms with E-state index < -0.39 is 5.60 Å². The molecule has 1 rings (SSSR count). The summed E-state index contributed by atoms with van der Waals surface area (Å²) >= 11 is 0. The Morgan fingerprint density at radius 2 is 2.00 bits per heavy atom. The first-order valence-corrected chi connectivity index (χ1v) is 6.46. The van der Waals surface area contributed by atoms with E-state index >= 15 is 0 Å². The predicted octanol–water partition coefficient (Wildman–Crippen LogP) is 2.03. The van der Waals surface area contributed by atoms with E-state index in [0.29, 0.717) is 11.1 Å². The standard InChI is InChI=1S/C15H21NO3/c1-4-11(2)15(3,19)10-16-14(18)13-7-5-12(9-17)6-8-13/h5-9,11,19H,4,10H2,1-3H3,(H,16,18). The lowest BCUT2D eigenvalue weighted by atomic mass is 9.88. The molecule has 0 saturated carbocycles. The van der Waals surface area contributed by atoms with Gasteiger partial charge < -0.3 is 10.4 Å². The van der Waals surface area contributed by atoms with Gasteiger partial charge in [0.05, 0.1) is 5.60 Å². The first-order chi connectivity index (χ1) is 8.90. The van der Waals surface area contributed by atoms with Crippen molar-refractivity contribution in [2.24, 2.45) is 5.92 Å². The van der Waals surface area contributed by atoms with Crippen molar-refractivity contribution >= 4 is 12.2 Å². The van der Waals surface area contributed by atoms with Crippen LogP contribution in [0.4, 0.5) is 0 Å². The molecule has 0 aliphatic heterocycles. The number of hydrogen-bond donors (Lipinski definition) is 2. The molecule has 0 aromatic heterocycles. The summed E-state index contributed by atoms with van der Waals surface area (Å²) in [5.41, 5.74) is 0.0846. The van der Waals surface area contributed by atoms with Crippen LogP contribution in [0.5, 0.6) is 0 Å². The molecule has 0 saturated heterocycles. The second-order valence-corrected chi connectivity index (χ2v) is 5.09. The number of nitrogens with one attached hydrogen (secondary N) is 1. The van der Waals surface area contributed by atoms with E-state index in [1.54, 1.807) is 31.2 Å². The lowest BCUT2D eigenvalue weighted by Gasteiger charge is -2.29. The maximum absolute atomic E-state index is 11.9. The SMILES string of the molecule is CCC(C)C(C)(O)CNC(=O)c1ccc(C=O)cc1. The Morgan fingerprint density at radius 3 is 2.47 bits per heavy atom. The fraction of sp³-hybridized carbons (Fsp3) is 0.467. The maximum Gasteiger partial charge on any atom is 0.251 e. The van der Waals surface area contributed by atoms with Gasteiger partial charge in [-0.05, 0) is 25.0 Å². The second kappa shape index (κ2) is 6.48. The minimum atomic E-state index is -0.923.